The highest BCUT2D eigenvalue weighted by Crippen LogP contribution is 2.29. The van der Waals surface area contributed by atoms with Gasteiger partial charge in [0.1, 0.15) is 10.6 Å². The van der Waals surface area contributed by atoms with Gasteiger partial charge in [-0.1, -0.05) is 0 Å². The van der Waals surface area contributed by atoms with Crippen molar-refractivity contribution in [2.24, 2.45) is 0 Å². The van der Waals surface area contributed by atoms with Gasteiger partial charge in [-0.25, -0.2) is 13.1 Å². The second-order valence-corrected chi connectivity index (χ2v) is 6.79. The Bertz CT molecular complexity index is 940. The van der Waals surface area contributed by atoms with Crippen LogP contribution >= 0.6 is 11.3 Å². The molecule has 0 unspecified atom stereocenters. The molecule has 128 valence electrons. The van der Waals surface area contributed by atoms with E-state index in [0.29, 0.717) is 5.75 Å². The fraction of sp³-hybridized carbons (Fsp3) is 0.250. The van der Waals surface area contributed by atoms with E-state index in [2.05, 4.69) is 19.8 Å². The summed E-state index contributed by atoms with van der Waals surface area (Å²) in [7, 11) is 0.345. The molecule has 3 heterocycles. The van der Waals surface area contributed by atoms with Crippen LogP contribution in [0.5, 0.6) is 17.5 Å². The second kappa shape index (κ2) is 6.13. The van der Waals surface area contributed by atoms with E-state index in [1.165, 1.54) is 48.8 Å². The van der Waals surface area contributed by atoms with Gasteiger partial charge < -0.3 is 14.2 Å². The van der Waals surface area contributed by atoms with Crippen molar-refractivity contribution in [3.05, 3.63) is 17.0 Å². The monoisotopic (exact) mass is 371 g/mol. The molecule has 3 aromatic rings. The van der Waals surface area contributed by atoms with Crippen molar-refractivity contribution in [3.63, 3.8) is 0 Å². The van der Waals surface area contributed by atoms with Crippen molar-refractivity contribution in [1.82, 2.24) is 19.6 Å². The molecule has 0 aliphatic heterocycles. The number of aromatic nitrogens is 4. The quantitative estimate of drug-likeness (QED) is 0.682. The van der Waals surface area contributed by atoms with E-state index in [1.807, 2.05) is 0 Å². The Balaban J connectivity index is 2.04. The van der Waals surface area contributed by atoms with Crippen molar-refractivity contribution in [2.45, 2.75) is 4.90 Å². The molecule has 10 nitrogen and oxygen atoms in total. The average Bonchev–Trinajstić information content (AvgIpc) is 3.19. The number of rotatable bonds is 6. The minimum atomic E-state index is -3.90. The Kier molecular flexibility index (Phi) is 4.15. The number of ether oxygens (including phenoxy) is 3. The molecule has 12 heteroatoms. The second-order valence-electron chi connectivity index (χ2n) is 4.39. The molecule has 0 saturated heterocycles. The Morgan fingerprint density at radius 1 is 1.12 bits per heavy atom. The molecule has 0 bridgehead atoms. The van der Waals surface area contributed by atoms with Crippen molar-refractivity contribution < 1.29 is 22.6 Å². The number of nitrogens with zero attached hydrogens (tertiary/aromatic N) is 4. The lowest BCUT2D eigenvalue weighted by atomic mass is 10.5. The summed E-state index contributed by atoms with van der Waals surface area (Å²) in [5, 5.41) is 7.10. The lowest BCUT2D eigenvalue weighted by molar-refractivity contribution is 0.359. The number of hydrogen-bond acceptors (Lipinski definition) is 9. The summed E-state index contributed by atoms with van der Waals surface area (Å²) in [5.41, 5.74) is 0.263. The highest BCUT2D eigenvalue weighted by molar-refractivity contribution is 7.93. The SMILES string of the molecule is COc1cscc1S(=O)(=O)Nc1nc2c(OC)cnc(OC)n2n1. The molecule has 0 atom stereocenters. The number of anilines is 1. The summed E-state index contributed by atoms with van der Waals surface area (Å²) < 4.78 is 43.8. The molecule has 3 aromatic heterocycles. The first-order valence-electron chi connectivity index (χ1n) is 6.47. The van der Waals surface area contributed by atoms with Gasteiger partial charge in [-0.3, -0.25) is 0 Å². The molecule has 0 radical (unpaired) electrons. The largest absolute Gasteiger partial charge is 0.494 e. The number of nitrogens with one attached hydrogen (secondary N) is 1. The Labute approximate surface area is 141 Å². The first kappa shape index (κ1) is 16.3. The number of hydrogen-bond donors (Lipinski definition) is 1. The molecular weight excluding hydrogens is 358 g/mol. The van der Waals surface area contributed by atoms with Crippen molar-refractivity contribution >= 4 is 33.0 Å². The van der Waals surface area contributed by atoms with Crippen LogP contribution in [0.25, 0.3) is 5.65 Å². The van der Waals surface area contributed by atoms with Crippen LogP contribution < -0.4 is 18.9 Å². The van der Waals surface area contributed by atoms with Crippen LogP contribution in [0.3, 0.4) is 0 Å². The highest BCUT2D eigenvalue weighted by atomic mass is 32.2. The topological polar surface area (TPSA) is 117 Å². The van der Waals surface area contributed by atoms with Crippen molar-refractivity contribution in [2.75, 3.05) is 26.1 Å². The lowest BCUT2D eigenvalue weighted by Gasteiger charge is -2.04. The standard InChI is InChI=1S/C12H13N5O5S2/c1-20-7-4-13-12(22-3)17-10(7)14-11(15-17)16-24(18,19)9-6-23-5-8(9)21-2/h4-6H,1-3H3,(H,15,16). The van der Waals surface area contributed by atoms with Gasteiger partial charge in [0.25, 0.3) is 16.0 Å². The maximum atomic E-state index is 12.5. The maximum absolute atomic E-state index is 12.5. The molecule has 3 rings (SSSR count). The van der Waals surface area contributed by atoms with Crippen LogP contribution in [0.15, 0.2) is 21.9 Å². The van der Waals surface area contributed by atoms with Gasteiger partial charge in [0.05, 0.1) is 27.5 Å². The predicted molar refractivity (Wildman–Crippen MR) is 85.6 cm³/mol. The van der Waals surface area contributed by atoms with Crippen LogP contribution in [0.4, 0.5) is 5.95 Å². The first-order chi connectivity index (χ1) is 11.5. The Morgan fingerprint density at radius 2 is 1.88 bits per heavy atom. The zero-order valence-electron chi connectivity index (χ0n) is 12.9. The molecule has 24 heavy (non-hydrogen) atoms. The third-order valence-corrected chi connectivity index (χ3v) is 5.25. The zero-order valence-corrected chi connectivity index (χ0v) is 14.5. The van der Waals surface area contributed by atoms with Crippen molar-refractivity contribution in [1.29, 1.82) is 0 Å². The van der Waals surface area contributed by atoms with E-state index in [0.717, 1.165) is 0 Å². The first-order valence-corrected chi connectivity index (χ1v) is 8.89. The molecule has 0 amide bonds. The smallest absolute Gasteiger partial charge is 0.319 e. The van der Waals surface area contributed by atoms with E-state index in [4.69, 9.17) is 14.2 Å². The molecule has 0 saturated carbocycles. The van der Waals surface area contributed by atoms with E-state index >= 15 is 0 Å². The number of methoxy groups -OCH3 is 3. The third kappa shape index (κ3) is 2.69. The number of thiophene rings is 1. The predicted octanol–water partition coefficient (Wildman–Crippen LogP) is 1.01. The summed E-state index contributed by atoms with van der Waals surface area (Å²) in [6, 6.07) is 0.136. The maximum Gasteiger partial charge on any atom is 0.319 e. The van der Waals surface area contributed by atoms with E-state index in [-0.39, 0.29) is 28.3 Å². The summed E-state index contributed by atoms with van der Waals surface area (Å²) in [5.74, 6) is 0.419. The van der Waals surface area contributed by atoms with Crippen LogP contribution in [0, 0.1) is 0 Å². The minimum Gasteiger partial charge on any atom is -0.494 e. The fourth-order valence-electron chi connectivity index (χ4n) is 1.95. The summed E-state index contributed by atoms with van der Waals surface area (Å²) in [4.78, 5) is 8.13. The van der Waals surface area contributed by atoms with Crippen molar-refractivity contribution in [3.8, 4) is 17.5 Å². The summed E-state index contributed by atoms with van der Waals surface area (Å²) >= 11 is 1.21. The molecule has 0 spiro atoms. The molecular formula is C12H13N5O5S2. The van der Waals surface area contributed by atoms with Gasteiger partial charge in [-0.2, -0.15) is 14.5 Å². The molecule has 0 aliphatic rings. The number of fused-ring (bicyclic) bond motifs is 1. The highest BCUT2D eigenvalue weighted by Gasteiger charge is 2.23. The van der Waals surface area contributed by atoms with Crippen LogP contribution in [-0.2, 0) is 10.0 Å². The molecule has 0 fully saturated rings. The van der Waals surface area contributed by atoms with Crippen LogP contribution in [0.2, 0.25) is 0 Å². The zero-order chi connectivity index (χ0) is 17.3. The van der Waals surface area contributed by atoms with Gasteiger partial charge in [0.15, 0.2) is 5.75 Å². The number of sulfonamides is 1. The molecule has 0 aliphatic carbocycles. The van der Waals surface area contributed by atoms with Crippen LogP contribution in [0.1, 0.15) is 0 Å². The summed E-state index contributed by atoms with van der Waals surface area (Å²) in [6.45, 7) is 0. The summed E-state index contributed by atoms with van der Waals surface area (Å²) in [6.07, 6.45) is 1.41. The van der Waals surface area contributed by atoms with Gasteiger partial charge in [0.2, 0.25) is 5.65 Å². The van der Waals surface area contributed by atoms with Gasteiger partial charge in [0, 0.05) is 10.8 Å². The van der Waals surface area contributed by atoms with E-state index < -0.39 is 10.0 Å². The van der Waals surface area contributed by atoms with Crippen LogP contribution in [-0.4, -0.2) is 49.3 Å². The van der Waals surface area contributed by atoms with Gasteiger partial charge >= 0.3 is 6.01 Å². The minimum absolute atomic E-state index is 0.00547. The van der Waals surface area contributed by atoms with Gasteiger partial charge in [-0.15, -0.1) is 16.4 Å². The molecule has 0 aromatic carbocycles. The van der Waals surface area contributed by atoms with E-state index in [9.17, 15) is 8.42 Å². The Hall–Kier alpha value is -2.60. The van der Waals surface area contributed by atoms with E-state index in [1.54, 1.807) is 5.38 Å². The average molecular weight is 371 g/mol. The fourth-order valence-corrected chi connectivity index (χ4v) is 4.20. The lowest BCUT2D eigenvalue weighted by Crippen LogP contribution is -2.14. The normalized spacial score (nSPS) is 11.5. The van der Waals surface area contributed by atoms with Gasteiger partial charge in [-0.05, 0) is 0 Å². The molecule has 1 N–H and O–H groups in total. The third-order valence-electron chi connectivity index (χ3n) is 3.03. The Morgan fingerprint density at radius 3 is 2.54 bits per heavy atom.